The molecular formula is C12H19N3O4S2. The minimum absolute atomic E-state index is 0.112. The van der Waals surface area contributed by atoms with E-state index in [0.29, 0.717) is 17.9 Å². The molecule has 1 rings (SSSR count). The number of thioether (sulfide) groups is 1. The van der Waals surface area contributed by atoms with E-state index in [0.717, 1.165) is 6.07 Å². The van der Waals surface area contributed by atoms with Gasteiger partial charge in [-0.3, -0.25) is 10.1 Å². The molecule has 9 heteroatoms. The van der Waals surface area contributed by atoms with Crippen LogP contribution in [0.15, 0.2) is 23.1 Å². The zero-order valence-corrected chi connectivity index (χ0v) is 13.8. The van der Waals surface area contributed by atoms with Gasteiger partial charge in [-0.2, -0.15) is 11.8 Å². The van der Waals surface area contributed by atoms with Crippen LogP contribution in [0.5, 0.6) is 0 Å². The third-order valence-corrected chi connectivity index (χ3v) is 5.21. The minimum Gasteiger partial charge on any atom is -0.387 e. The van der Waals surface area contributed by atoms with Crippen LogP contribution in [0.25, 0.3) is 0 Å². The molecular weight excluding hydrogens is 314 g/mol. The highest BCUT2D eigenvalue weighted by atomic mass is 32.2. The summed E-state index contributed by atoms with van der Waals surface area (Å²) in [4.78, 5) is 10.1. The maximum absolute atomic E-state index is 12.4. The Labute approximate surface area is 128 Å². The van der Waals surface area contributed by atoms with Crippen molar-refractivity contribution in [1.29, 1.82) is 0 Å². The molecule has 0 fully saturated rings. The van der Waals surface area contributed by atoms with Gasteiger partial charge in [0.05, 0.1) is 10.6 Å². The number of nitro groups is 1. The van der Waals surface area contributed by atoms with E-state index in [2.05, 4.69) is 10.0 Å². The van der Waals surface area contributed by atoms with Gasteiger partial charge >= 0.3 is 0 Å². The topological polar surface area (TPSA) is 101 Å². The van der Waals surface area contributed by atoms with Gasteiger partial charge in [-0.05, 0) is 18.7 Å². The molecule has 7 nitrogen and oxygen atoms in total. The molecule has 2 N–H and O–H groups in total. The highest BCUT2D eigenvalue weighted by Gasteiger charge is 2.24. The molecule has 0 heterocycles. The van der Waals surface area contributed by atoms with Crippen LogP contribution in [0.3, 0.4) is 0 Å². The van der Waals surface area contributed by atoms with E-state index in [4.69, 9.17) is 0 Å². The Kier molecular flexibility index (Phi) is 6.43. The van der Waals surface area contributed by atoms with Crippen LogP contribution in [-0.2, 0) is 10.0 Å². The van der Waals surface area contributed by atoms with E-state index in [-0.39, 0.29) is 16.6 Å². The maximum atomic E-state index is 12.4. The fraction of sp³-hybridized carbons (Fsp3) is 0.500. The number of benzene rings is 1. The molecule has 0 bridgehead atoms. The molecule has 0 aliphatic heterocycles. The summed E-state index contributed by atoms with van der Waals surface area (Å²) >= 11 is 1.54. The average molecular weight is 333 g/mol. The summed E-state index contributed by atoms with van der Waals surface area (Å²) in [7, 11) is -2.25. The van der Waals surface area contributed by atoms with Crippen LogP contribution in [-0.4, -0.2) is 38.4 Å². The van der Waals surface area contributed by atoms with Gasteiger partial charge in [0.2, 0.25) is 10.0 Å². The molecule has 1 aromatic rings. The van der Waals surface area contributed by atoms with Crippen LogP contribution in [0.1, 0.15) is 13.3 Å². The van der Waals surface area contributed by atoms with Crippen LogP contribution in [0.4, 0.5) is 11.4 Å². The molecule has 0 amide bonds. The van der Waals surface area contributed by atoms with E-state index in [1.807, 2.05) is 13.2 Å². The van der Waals surface area contributed by atoms with Crippen molar-refractivity contribution in [2.75, 3.05) is 24.4 Å². The molecule has 1 aromatic carbocycles. The van der Waals surface area contributed by atoms with Gasteiger partial charge in [-0.15, -0.1) is 0 Å². The fourth-order valence-corrected chi connectivity index (χ4v) is 4.15. The first kappa shape index (κ1) is 17.7. The first-order valence-corrected chi connectivity index (χ1v) is 9.20. The van der Waals surface area contributed by atoms with Gasteiger partial charge in [-0.1, -0.05) is 6.92 Å². The lowest BCUT2D eigenvalue weighted by molar-refractivity contribution is -0.385. The molecule has 1 unspecified atom stereocenters. The van der Waals surface area contributed by atoms with Crippen LogP contribution in [0.2, 0.25) is 0 Å². The number of hydrogen-bond donors (Lipinski definition) is 2. The van der Waals surface area contributed by atoms with Crippen LogP contribution in [0, 0.1) is 10.1 Å². The zero-order chi connectivity index (χ0) is 16.0. The predicted octanol–water partition coefficient (Wildman–Crippen LogP) is 2.06. The number of anilines is 1. The van der Waals surface area contributed by atoms with Crippen molar-refractivity contribution in [1.82, 2.24) is 4.72 Å². The molecule has 21 heavy (non-hydrogen) atoms. The molecule has 1 atom stereocenters. The van der Waals surface area contributed by atoms with E-state index in [1.165, 1.54) is 23.9 Å². The van der Waals surface area contributed by atoms with Gasteiger partial charge in [0, 0.05) is 31.0 Å². The molecule has 0 spiro atoms. The predicted molar refractivity (Wildman–Crippen MR) is 85.4 cm³/mol. The fourth-order valence-electron chi connectivity index (χ4n) is 1.77. The van der Waals surface area contributed by atoms with Crippen molar-refractivity contribution in [3.63, 3.8) is 0 Å². The van der Waals surface area contributed by atoms with Gasteiger partial charge in [-0.25, -0.2) is 13.1 Å². The Morgan fingerprint density at radius 3 is 2.57 bits per heavy atom. The van der Waals surface area contributed by atoms with Gasteiger partial charge in [0.15, 0.2) is 0 Å². The minimum atomic E-state index is -3.82. The Hall–Kier alpha value is -1.32. The first-order valence-electron chi connectivity index (χ1n) is 6.33. The molecule has 0 saturated carbocycles. The maximum Gasteiger partial charge on any atom is 0.270 e. The van der Waals surface area contributed by atoms with Crippen molar-refractivity contribution < 1.29 is 13.3 Å². The summed E-state index contributed by atoms with van der Waals surface area (Å²) in [5.41, 5.74) is 0.0689. The summed E-state index contributed by atoms with van der Waals surface area (Å²) < 4.78 is 27.5. The molecule has 0 aliphatic rings. The second-order valence-corrected chi connectivity index (χ2v) is 6.96. The summed E-state index contributed by atoms with van der Waals surface area (Å²) in [5, 5.41) is 13.6. The second-order valence-electron chi connectivity index (χ2n) is 4.37. The van der Waals surface area contributed by atoms with Gasteiger partial charge < -0.3 is 5.32 Å². The largest absolute Gasteiger partial charge is 0.387 e. The molecule has 0 aliphatic carbocycles. The number of rotatable bonds is 8. The highest BCUT2D eigenvalue weighted by molar-refractivity contribution is 7.98. The van der Waals surface area contributed by atoms with E-state index in [1.54, 1.807) is 7.05 Å². The summed E-state index contributed by atoms with van der Waals surface area (Å²) in [6.45, 7) is 1.88. The average Bonchev–Trinajstić information content (AvgIpc) is 2.45. The summed E-state index contributed by atoms with van der Waals surface area (Å²) in [6, 6.07) is 3.51. The third-order valence-electron chi connectivity index (χ3n) is 2.92. The molecule has 0 aromatic heterocycles. The summed E-state index contributed by atoms with van der Waals surface area (Å²) in [5.74, 6) is 0.638. The Morgan fingerprint density at radius 1 is 1.43 bits per heavy atom. The number of sulfonamides is 1. The zero-order valence-electron chi connectivity index (χ0n) is 12.1. The number of hydrogen-bond acceptors (Lipinski definition) is 6. The van der Waals surface area contributed by atoms with Crippen molar-refractivity contribution in [3.8, 4) is 0 Å². The number of nitrogens with zero attached hydrogens (tertiary/aromatic N) is 1. The van der Waals surface area contributed by atoms with Crippen molar-refractivity contribution in [2.45, 2.75) is 24.3 Å². The standard InChI is InChI=1S/C12H19N3O4S2/c1-4-9(8-20-3)14-21(18,19)12-7-10(15(16)17)5-6-11(12)13-2/h5-7,9,13-14H,4,8H2,1-3H3. The third kappa shape index (κ3) is 4.58. The smallest absolute Gasteiger partial charge is 0.270 e. The van der Waals surface area contributed by atoms with Crippen molar-refractivity contribution in [2.24, 2.45) is 0 Å². The van der Waals surface area contributed by atoms with E-state index in [9.17, 15) is 18.5 Å². The van der Waals surface area contributed by atoms with Gasteiger partial charge in [0.1, 0.15) is 4.90 Å². The lowest BCUT2D eigenvalue weighted by Gasteiger charge is -2.17. The highest BCUT2D eigenvalue weighted by Crippen LogP contribution is 2.26. The second kappa shape index (κ2) is 7.62. The molecule has 0 radical (unpaired) electrons. The van der Waals surface area contributed by atoms with E-state index < -0.39 is 14.9 Å². The lowest BCUT2D eigenvalue weighted by Crippen LogP contribution is -2.36. The molecule has 0 saturated heterocycles. The number of nitro benzene ring substituents is 1. The van der Waals surface area contributed by atoms with Crippen molar-refractivity contribution >= 4 is 33.2 Å². The first-order chi connectivity index (χ1) is 9.85. The van der Waals surface area contributed by atoms with Crippen LogP contribution >= 0.6 is 11.8 Å². The molecule has 118 valence electrons. The Morgan fingerprint density at radius 2 is 2.10 bits per heavy atom. The Bertz CT molecular complexity index is 605. The number of non-ortho nitro benzene ring substituents is 1. The van der Waals surface area contributed by atoms with E-state index >= 15 is 0 Å². The lowest BCUT2D eigenvalue weighted by atomic mass is 10.3. The number of nitrogens with one attached hydrogen (secondary N) is 2. The van der Waals surface area contributed by atoms with Crippen LogP contribution < -0.4 is 10.0 Å². The Balaban J connectivity index is 3.22. The van der Waals surface area contributed by atoms with Gasteiger partial charge in [0.25, 0.3) is 5.69 Å². The van der Waals surface area contributed by atoms with Crippen molar-refractivity contribution in [3.05, 3.63) is 28.3 Å². The quantitative estimate of drug-likeness (QED) is 0.558. The summed E-state index contributed by atoms with van der Waals surface area (Å²) in [6.07, 6.45) is 2.53. The monoisotopic (exact) mass is 333 g/mol. The normalized spacial score (nSPS) is 12.9. The SMILES string of the molecule is CCC(CSC)NS(=O)(=O)c1cc([N+](=O)[O-])ccc1NC.